The van der Waals surface area contributed by atoms with Crippen LogP contribution in [0.1, 0.15) is 27.2 Å². The zero-order chi connectivity index (χ0) is 20.1. The number of methoxy groups -OCH3 is 1. The van der Waals surface area contributed by atoms with Crippen LogP contribution in [0.25, 0.3) is 0 Å². The van der Waals surface area contributed by atoms with E-state index in [1.54, 1.807) is 19.5 Å². The predicted octanol–water partition coefficient (Wildman–Crippen LogP) is 3.02. The number of ether oxygens (including phenoxy) is 1. The molecule has 0 bridgehead atoms. The predicted molar refractivity (Wildman–Crippen MR) is 112 cm³/mol. The number of hydrogen-bond donors (Lipinski definition) is 1. The van der Waals surface area contributed by atoms with E-state index < -0.39 is 0 Å². The Bertz CT molecular complexity index is 988. The van der Waals surface area contributed by atoms with Crippen LogP contribution in [0.3, 0.4) is 0 Å². The Morgan fingerprint density at radius 1 is 1.10 bits per heavy atom. The van der Waals surface area contributed by atoms with Crippen molar-refractivity contribution in [3.8, 4) is 5.75 Å². The first-order chi connectivity index (χ1) is 14.2. The van der Waals surface area contributed by atoms with Gasteiger partial charge in [-0.1, -0.05) is 36.4 Å². The van der Waals surface area contributed by atoms with Gasteiger partial charge in [0.05, 0.1) is 19.5 Å². The van der Waals surface area contributed by atoms with Crippen LogP contribution in [0, 0.1) is 0 Å². The third-order valence-corrected chi connectivity index (χ3v) is 5.16. The molecule has 2 heterocycles. The summed E-state index contributed by atoms with van der Waals surface area (Å²) in [6.07, 6.45) is 4.95. The Morgan fingerprint density at radius 2 is 1.97 bits per heavy atom. The number of fused-ring (bicyclic) bond motifs is 1. The quantitative estimate of drug-likeness (QED) is 0.703. The molecular weight excluding hydrogens is 364 g/mol. The Kier molecular flexibility index (Phi) is 5.70. The molecule has 3 aromatic rings. The summed E-state index contributed by atoms with van der Waals surface area (Å²) in [7, 11) is 1.64. The molecule has 1 aliphatic rings. The number of nitrogens with one attached hydrogen (secondary N) is 1. The largest absolute Gasteiger partial charge is 0.497 e. The number of aromatic nitrogens is 2. The second kappa shape index (κ2) is 8.73. The van der Waals surface area contributed by atoms with Gasteiger partial charge in [-0.25, -0.2) is 9.97 Å². The van der Waals surface area contributed by atoms with Gasteiger partial charge in [0.1, 0.15) is 17.3 Å². The molecule has 1 N–H and O–H groups in total. The first kappa shape index (κ1) is 18.9. The van der Waals surface area contributed by atoms with E-state index in [2.05, 4.69) is 44.5 Å². The fourth-order valence-corrected chi connectivity index (χ4v) is 3.53. The monoisotopic (exact) mass is 388 g/mol. The molecule has 148 valence electrons. The van der Waals surface area contributed by atoms with E-state index in [-0.39, 0.29) is 5.91 Å². The molecule has 1 aliphatic heterocycles. The van der Waals surface area contributed by atoms with Gasteiger partial charge in [0, 0.05) is 19.6 Å². The first-order valence-electron chi connectivity index (χ1n) is 9.78. The van der Waals surface area contributed by atoms with Gasteiger partial charge in [-0.05, 0) is 41.7 Å². The van der Waals surface area contributed by atoms with Gasteiger partial charge in [-0.2, -0.15) is 0 Å². The van der Waals surface area contributed by atoms with Crippen molar-refractivity contribution in [2.45, 2.75) is 19.4 Å². The second-order valence-electron chi connectivity index (χ2n) is 7.06. The Balaban J connectivity index is 1.32. The van der Waals surface area contributed by atoms with E-state index in [4.69, 9.17) is 4.74 Å². The standard InChI is InChI=1S/C23H24N4O2/c1-29-20-8-4-5-17(13-20)9-11-24-23(28)21-14-26-22(15-25-21)27-12-10-18-6-2-3-7-19(18)16-27/h2-8,13-15H,9-12,16H2,1H3,(H,24,28). The number of nitrogens with zero attached hydrogens (tertiary/aromatic N) is 3. The number of amides is 1. The minimum atomic E-state index is -0.212. The van der Waals surface area contributed by atoms with Crippen LogP contribution in [0.2, 0.25) is 0 Å². The fourth-order valence-electron chi connectivity index (χ4n) is 3.53. The molecule has 0 atom stereocenters. The highest BCUT2D eigenvalue weighted by atomic mass is 16.5. The van der Waals surface area contributed by atoms with Crippen molar-refractivity contribution in [2.75, 3.05) is 25.1 Å². The molecule has 6 nitrogen and oxygen atoms in total. The zero-order valence-corrected chi connectivity index (χ0v) is 16.5. The molecular formula is C23H24N4O2. The number of carbonyl (C=O) groups excluding carboxylic acids is 1. The molecule has 6 heteroatoms. The van der Waals surface area contributed by atoms with E-state index in [1.165, 1.54) is 11.1 Å². The number of benzene rings is 2. The highest BCUT2D eigenvalue weighted by molar-refractivity contribution is 5.92. The average molecular weight is 388 g/mol. The van der Waals surface area contributed by atoms with Gasteiger partial charge in [-0.15, -0.1) is 0 Å². The molecule has 0 spiro atoms. The van der Waals surface area contributed by atoms with Crippen molar-refractivity contribution in [3.63, 3.8) is 0 Å². The minimum absolute atomic E-state index is 0.212. The molecule has 2 aromatic carbocycles. The maximum absolute atomic E-state index is 12.4. The molecule has 0 aliphatic carbocycles. The maximum Gasteiger partial charge on any atom is 0.271 e. The van der Waals surface area contributed by atoms with Gasteiger partial charge >= 0.3 is 0 Å². The smallest absolute Gasteiger partial charge is 0.271 e. The van der Waals surface area contributed by atoms with E-state index in [0.717, 1.165) is 43.1 Å². The number of rotatable bonds is 6. The van der Waals surface area contributed by atoms with Crippen LogP contribution in [0.5, 0.6) is 5.75 Å². The molecule has 0 radical (unpaired) electrons. The van der Waals surface area contributed by atoms with Crippen molar-refractivity contribution < 1.29 is 9.53 Å². The fraction of sp³-hybridized carbons (Fsp3) is 0.261. The SMILES string of the molecule is COc1cccc(CCNC(=O)c2cnc(N3CCc4ccccc4C3)cn2)c1. The molecule has 4 rings (SSSR count). The highest BCUT2D eigenvalue weighted by Gasteiger charge is 2.18. The van der Waals surface area contributed by atoms with Gasteiger partial charge in [0.2, 0.25) is 0 Å². The first-order valence-corrected chi connectivity index (χ1v) is 9.78. The summed E-state index contributed by atoms with van der Waals surface area (Å²) < 4.78 is 5.22. The second-order valence-corrected chi connectivity index (χ2v) is 7.06. The van der Waals surface area contributed by atoms with Crippen LogP contribution >= 0.6 is 0 Å². The van der Waals surface area contributed by atoms with Gasteiger partial charge < -0.3 is 15.0 Å². The van der Waals surface area contributed by atoms with Crippen LogP contribution in [-0.4, -0.2) is 36.1 Å². The molecule has 0 fully saturated rings. The summed E-state index contributed by atoms with van der Waals surface area (Å²) in [6.45, 7) is 2.24. The summed E-state index contributed by atoms with van der Waals surface area (Å²) in [5.41, 5.74) is 4.15. The van der Waals surface area contributed by atoms with Crippen molar-refractivity contribution in [1.82, 2.24) is 15.3 Å². The number of anilines is 1. The number of hydrogen-bond acceptors (Lipinski definition) is 5. The van der Waals surface area contributed by atoms with E-state index in [9.17, 15) is 4.79 Å². The third kappa shape index (κ3) is 4.54. The van der Waals surface area contributed by atoms with Crippen LogP contribution in [-0.2, 0) is 19.4 Å². The lowest BCUT2D eigenvalue weighted by Crippen LogP contribution is -2.31. The van der Waals surface area contributed by atoms with E-state index in [1.807, 2.05) is 24.3 Å². The van der Waals surface area contributed by atoms with Crippen molar-refractivity contribution in [3.05, 3.63) is 83.3 Å². The van der Waals surface area contributed by atoms with E-state index >= 15 is 0 Å². The van der Waals surface area contributed by atoms with Crippen molar-refractivity contribution in [1.29, 1.82) is 0 Å². The van der Waals surface area contributed by atoms with Gasteiger partial charge in [0.15, 0.2) is 0 Å². The summed E-state index contributed by atoms with van der Waals surface area (Å²) >= 11 is 0. The summed E-state index contributed by atoms with van der Waals surface area (Å²) in [5.74, 6) is 1.40. The zero-order valence-electron chi connectivity index (χ0n) is 16.5. The van der Waals surface area contributed by atoms with Crippen LogP contribution < -0.4 is 15.0 Å². The normalized spacial score (nSPS) is 12.9. The minimum Gasteiger partial charge on any atom is -0.497 e. The number of carbonyl (C=O) groups is 1. The lowest BCUT2D eigenvalue weighted by molar-refractivity contribution is 0.0949. The molecule has 1 amide bonds. The van der Waals surface area contributed by atoms with Gasteiger partial charge in [0.25, 0.3) is 5.91 Å². The third-order valence-electron chi connectivity index (χ3n) is 5.16. The molecule has 29 heavy (non-hydrogen) atoms. The molecule has 0 saturated heterocycles. The van der Waals surface area contributed by atoms with E-state index in [0.29, 0.717) is 12.2 Å². The van der Waals surface area contributed by atoms with Crippen molar-refractivity contribution in [2.24, 2.45) is 0 Å². The molecule has 0 saturated carbocycles. The molecule has 1 aromatic heterocycles. The Morgan fingerprint density at radius 3 is 2.76 bits per heavy atom. The van der Waals surface area contributed by atoms with Crippen molar-refractivity contribution >= 4 is 11.7 Å². The Hall–Kier alpha value is -3.41. The lowest BCUT2D eigenvalue weighted by atomic mass is 10.0. The summed E-state index contributed by atoms with van der Waals surface area (Å²) in [4.78, 5) is 23.3. The van der Waals surface area contributed by atoms with Crippen LogP contribution in [0.4, 0.5) is 5.82 Å². The van der Waals surface area contributed by atoms with Gasteiger partial charge in [-0.3, -0.25) is 4.79 Å². The average Bonchev–Trinajstić information content (AvgIpc) is 2.79. The van der Waals surface area contributed by atoms with Crippen LogP contribution in [0.15, 0.2) is 60.9 Å². The maximum atomic E-state index is 12.4. The highest BCUT2D eigenvalue weighted by Crippen LogP contribution is 2.22. The summed E-state index contributed by atoms with van der Waals surface area (Å²) in [5, 5.41) is 2.90. The summed E-state index contributed by atoms with van der Waals surface area (Å²) in [6, 6.07) is 16.3. The molecule has 0 unspecified atom stereocenters. The topological polar surface area (TPSA) is 67.3 Å². The lowest BCUT2D eigenvalue weighted by Gasteiger charge is -2.29. The Labute approximate surface area is 170 Å².